The van der Waals surface area contributed by atoms with E-state index < -0.39 is 28.3 Å². The average molecular weight is 493 g/mol. The number of carbonyl (C=O) groups excluding carboxylic acids is 1. The Morgan fingerprint density at radius 3 is 2.48 bits per heavy atom. The van der Waals surface area contributed by atoms with Crippen molar-refractivity contribution in [3.8, 4) is 5.75 Å². The third-order valence-corrected chi connectivity index (χ3v) is 7.29. The first-order valence-corrected chi connectivity index (χ1v) is 12.9. The van der Waals surface area contributed by atoms with Crippen LogP contribution in [0.1, 0.15) is 12.7 Å². The predicted octanol–water partition coefficient (Wildman–Crippen LogP) is 4.06. The van der Waals surface area contributed by atoms with Gasteiger partial charge in [0.25, 0.3) is 10.0 Å². The monoisotopic (exact) mass is 492 g/mol. The molecule has 0 aliphatic heterocycles. The molecule has 3 aromatic rings. The summed E-state index contributed by atoms with van der Waals surface area (Å²) in [5.74, 6) is 1.72. The summed E-state index contributed by atoms with van der Waals surface area (Å²) in [7, 11) is -4.08. The topological polar surface area (TPSA) is 88.9 Å². The van der Waals surface area contributed by atoms with Crippen LogP contribution >= 0.6 is 11.8 Å². The quantitative estimate of drug-likeness (QED) is 0.384. The number of carbonyl (C=O) groups is 1. The Kier molecular flexibility index (Phi) is 8.79. The van der Waals surface area contributed by atoms with Crippen LogP contribution in [0.5, 0.6) is 5.75 Å². The van der Waals surface area contributed by atoms with Crippen LogP contribution in [-0.2, 0) is 20.6 Å². The van der Waals surface area contributed by atoms with E-state index in [4.69, 9.17) is 9.15 Å². The molecule has 2 aromatic carbocycles. The van der Waals surface area contributed by atoms with Gasteiger partial charge in [-0.3, -0.25) is 9.10 Å². The second-order valence-corrected chi connectivity index (χ2v) is 9.84. The first-order chi connectivity index (χ1) is 15.9. The number of benzene rings is 2. The minimum Gasteiger partial charge on any atom is -0.494 e. The van der Waals surface area contributed by atoms with Crippen LogP contribution in [0.3, 0.4) is 0 Å². The van der Waals surface area contributed by atoms with Gasteiger partial charge in [-0.2, -0.15) is 11.8 Å². The molecule has 0 aliphatic rings. The molecule has 0 radical (unpaired) electrons. The van der Waals surface area contributed by atoms with E-state index in [1.54, 1.807) is 30.2 Å². The van der Waals surface area contributed by atoms with Crippen LogP contribution in [0, 0.1) is 5.82 Å². The molecule has 0 fully saturated rings. The van der Waals surface area contributed by atoms with Gasteiger partial charge in [-0.25, -0.2) is 12.8 Å². The van der Waals surface area contributed by atoms with E-state index in [2.05, 4.69) is 5.32 Å². The van der Waals surface area contributed by atoms with Crippen molar-refractivity contribution in [3.05, 3.63) is 78.5 Å². The Morgan fingerprint density at radius 1 is 1.12 bits per heavy atom. The third kappa shape index (κ3) is 7.00. The number of rotatable bonds is 12. The maximum atomic E-state index is 13.4. The molecule has 10 heteroatoms. The summed E-state index contributed by atoms with van der Waals surface area (Å²) in [5, 5.41) is 2.73. The van der Waals surface area contributed by atoms with Gasteiger partial charge < -0.3 is 14.5 Å². The van der Waals surface area contributed by atoms with E-state index in [0.717, 1.165) is 22.2 Å². The highest BCUT2D eigenvalue weighted by atomic mass is 32.2. The third-order valence-electron chi connectivity index (χ3n) is 4.52. The summed E-state index contributed by atoms with van der Waals surface area (Å²) in [4.78, 5) is 12.6. The van der Waals surface area contributed by atoms with Crippen LogP contribution in [0.15, 0.2) is 76.2 Å². The maximum absolute atomic E-state index is 13.4. The molecule has 0 atom stereocenters. The smallest absolute Gasteiger partial charge is 0.264 e. The van der Waals surface area contributed by atoms with Crippen LogP contribution in [0.25, 0.3) is 0 Å². The lowest BCUT2D eigenvalue weighted by molar-refractivity contribution is -0.119. The molecule has 7 nitrogen and oxygen atoms in total. The van der Waals surface area contributed by atoms with E-state index in [1.807, 2.05) is 19.1 Å². The molecular weight excluding hydrogens is 467 g/mol. The lowest BCUT2D eigenvalue weighted by Gasteiger charge is -2.24. The number of nitrogens with one attached hydrogen (secondary N) is 1. The fourth-order valence-electron chi connectivity index (χ4n) is 2.94. The van der Waals surface area contributed by atoms with Gasteiger partial charge in [-0.05, 0) is 67.6 Å². The molecule has 0 bridgehead atoms. The Hall–Kier alpha value is -2.98. The van der Waals surface area contributed by atoms with E-state index in [9.17, 15) is 17.6 Å². The SMILES string of the molecule is CCOc1ccc(S(=O)(=O)N(CC(=O)NCCSCc2ccco2)c2ccc(F)cc2)cc1. The molecule has 1 heterocycles. The molecule has 33 heavy (non-hydrogen) atoms. The van der Waals surface area contributed by atoms with Gasteiger partial charge in [0.15, 0.2) is 0 Å². The number of amides is 1. The lowest BCUT2D eigenvalue weighted by atomic mass is 10.3. The summed E-state index contributed by atoms with van der Waals surface area (Å²) in [6, 6.07) is 14.6. The molecule has 0 aliphatic carbocycles. The van der Waals surface area contributed by atoms with Crippen molar-refractivity contribution in [2.75, 3.05) is 29.8 Å². The number of ether oxygens (including phenoxy) is 1. The number of halogens is 1. The first-order valence-electron chi connectivity index (χ1n) is 10.3. The standard InChI is InChI=1S/C23H25FN2O5S2/c1-2-30-20-9-11-22(12-10-20)33(28,29)26(19-7-5-18(24)6-8-19)16-23(27)25-13-15-32-17-21-4-3-14-31-21/h3-12,14H,2,13,15-17H2,1H3,(H,25,27). The van der Waals surface area contributed by atoms with Crippen LogP contribution < -0.4 is 14.4 Å². The number of anilines is 1. The van der Waals surface area contributed by atoms with Crippen LogP contribution in [0.2, 0.25) is 0 Å². The number of nitrogens with zero attached hydrogens (tertiary/aromatic N) is 1. The van der Waals surface area contributed by atoms with Gasteiger partial charge in [0.05, 0.1) is 29.2 Å². The van der Waals surface area contributed by atoms with Crippen LogP contribution in [-0.4, -0.2) is 39.8 Å². The van der Waals surface area contributed by atoms with Crippen molar-refractivity contribution in [1.29, 1.82) is 0 Å². The van der Waals surface area contributed by atoms with Crippen molar-refractivity contribution >= 4 is 33.4 Å². The largest absolute Gasteiger partial charge is 0.494 e. The van der Waals surface area contributed by atoms with Gasteiger partial charge >= 0.3 is 0 Å². The summed E-state index contributed by atoms with van der Waals surface area (Å²) in [6.07, 6.45) is 1.60. The summed E-state index contributed by atoms with van der Waals surface area (Å²) >= 11 is 1.58. The Bertz CT molecular complexity index is 1120. The fourth-order valence-corrected chi connectivity index (χ4v) is 5.12. The summed E-state index contributed by atoms with van der Waals surface area (Å²) in [6.45, 7) is 2.21. The van der Waals surface area contributed by atoms with Crippen molar-refractivity contribution in [3.63, 3.8) is 0 Å². The normalized spacial score (nSPS) is 11.2. The van der Waals surface area contributed by atoms with Gasteiger partial charge in [0.2, 0.25) is 5.91 Å². The average Bonchev–Trinajstić information content (AvgIpc) is 3.32. The van der Waals surface area contributed by atoms with Crippen molar-refractivity contribution in [2.45, 2.75) is 17.6 Å². The first kappa shape index (κ1) is 24.7. The van der Waals surface area contributed by atoms with Gasteiger partial charge in [0, 0.05) is 12.3 Å². The van der Waals surface area contributed by atoms with Gasteiger partial charge in [-0.1, -0.05) is 0 Å². The Balaban J connectivity index is 1.68. The van der Waals surface area contributed by atoms with E-state index in [-0.39, 0.29) is 10.6 Å². The Labute approximate surface area is 197 Å². The lowest BCUT2D eigenvalue weighted by Crippen LogP contribution is -2.41. The van der Waals surface area contributed by atoms with Gasteiger partial charge in [0.1, 0.15) is 23.9 Å². The highest BCUT2D eigenvalue weighted by Gasteiger charge is 2.27. The van der Waals surface area contributed by atoms with E-state index in [0.29, 0.717) is 30.4 Å². The van der Waals surface area contributed by atoms with E-state index in [1.165, 1.54) is 24.3 Å². The summed E-state index contributed by atoms with van der Waals surface area (Å²) in [5.41, 5.74) is 0.188. The predicted molar refractivity (Wildman–Crippen MR) is 126 cm³/mol. The second kappa shape index (κ2) is 11.8. The number of thioether (sulfide) groups is 1. The van der Waals surface area contributed by atoms with Crippen LogP contribution in [0.4, 0.5) is 10.1 Å². The highest BCUT2D eigenvalue weighted by molar-refractivity contribution is 7.98. The zero-order chi connectivity index (χ0) is 23.7. The minimum absolute atomic E-state index is 0.00270. The molecule has 1 N–H and O–H groups in total. The van der Waals surface area contributed by atoms with Gasteiger partial charge in [-0.15, -0.1) is 0 Å². The van der Waals surface area contributed by atoms with Crippen molar-refractivity contribution in [2.24, 2.45) is 0 Å². The molecule has 0 saturated carbocycles. The fraction of sp³-hybridized carbons (Fsp3) is 0.261. The highest BCUT2D eigenvalue weighted by Crippen LogP contribution is 2.25. The number of hydrogen-bond acceptors (Lipinski definition) is 6. The van der Waals surface area contributed by atoms with Crippen molar-refractivity contribution < 1.29 is 26.8 Å². The van der Waals surface area contributed by atoms with Crippen molar-refractivity contribution in [1.82, 2.24) is 5.32 Å². The maximum Gasteiger partial charge on any atom is 0.264 e. The molecule has 3 rings (SSSR count). The molecule has 0 saturated heterocycles. The molecule has 176 valence electrons. The zero-order valence-corrected chi connectivity index (χ0v) is 19.7. The molecule has 0 spiro atoms. The molecule has 0 unspecified atom stereocenters. The Morgan fingerprint density at radius 2 is 1.85 bits per heavy atom. The zero-order valence-electron chi connectivity index (χ0n) is 18.1. The number of hydrogen-bond donors (Lipinski definition) is 1. The molecule has 1 amide bonds. The molecule has 1 aromatic heterocycles. The number of furan rings is 1. The van der Waals surface area contributed by atoms with E-state index >= 15 is 0 Å². The minimum atomic E-state index is -4.08. The summed E-state index contributed by atoms with van der Waals surface area (Å²) < 4.78 is 51.7. The second-order valence-electron chi connectivity index (χ2n) is 6.87. The molecular formula is C23H25FN2O5S2. The number of sulfonamides is 1.